The molecule has 0 aromatic heterocycles. The van der Waals surface area contributed by atoms with Gasteiger partial charge in [0.15, 0.2) is 0 Å². The molecule has 1 unspecified atom stereocenters. The Morgan fingerprint density at radius 2 is 1.38 bits per heavy atom. The molecule has 9 nitrogen and oxygen atoms in total. The largest absolute Gasteiger partial charge is 0.489 e. The zero-order valence-electron chi connectivity index (χ0n) is 23.1. The third-order valence-corrected chi connectivity index (χ3v) is 5.64. The van der Waals surface area contributed by atoms with Gasteiger partial charge in [-0.15, -0.1) is 0 Å². The van der Waals surface area contributed by atoms with E-state index in [2.05, 4.69) is 10.6 Å². The fourth-order valence-corrected chi connectivity index (χ4v) is 3.61. The van der Waals surface area contributed by atoms with Crippen LogP contribution >= 0.6 is 0 Å². The lowest BCUT2D eigenvalue weighted by atomic mass is 10.0. The van der Waals surface area contributed by atoms with Gasteiger partial charge in [0.25, 0.3) is 0 Å². The predicted octanol–water partition coefficient (Wildman–Crippen LogP) is 3.89. The second kappa shape index (κ2) is 14.7. The monoisotopic (exact) mass is 547 g/mol. The van der Waals surface area contributed by atoms with Crippen molar-refractivity contribution in [3.05, 3.63) is 102 Å². The summed E-state index contributed by atoms with van der Waals surface area (Å²) in [6, 6.07) is 24.2. The molecule has 0 heterocycles. The molecule has 0 saturated carbocycles. The van der Waals surface area contributed by atoms with Crippen LogP contribution in [0.25, 0.3) is 0 Å². The van der Waals surface area contributed by atoms with Crippen LogP contribution in [0, 0.1) is 0 Å². The van der Waals surface area contributed by atoms with Crippen molar-refractivity contribution in [2.24, 2.45) is 5.73 Å². The number of carbonyl (C=O) groups is 3. The van der Waals surface area contributed by atoms with Gasteiger partial charge in [0.05, 0.1) is 0 Å². The molecule has 0 aliphatic carbocycles. The fraction of sp³-hybridized carbons (Fsp3) is 0.323. The van der Waals surface area contributed by atoms with Crippen LogP contribution in [0.1, 0.15) is 37.5 Å². The third kappa shape index (κ3) is 10.8. The van der Waals surface area contributed by atoms with Gasteiger partial charge >= 0.3 is 12.1 Å². The highest BCUT2D eigenvalue weighted by molar-refractivity contribution is 5.86. The number of amides is 2. The Morgan fingerprint density at radius 1 is 0.800 bits per heavy atom. The van der Waals surface area contributed by atoms with E-state index < -0.39 is 35.7 Å². The molecule has 0 radical (unpaired) electrons. The van der Waals surface area contributed by atoms with E-state index in [1.807, 2.05) is 72.8 Å². The summed E-state index contributed by atoms with van der Waals surface area (Å²) in [7, 11) is 0. The van der Waals surface area contributed by atoms with Gasteiger partial charge in [0, 0.05) is 13.0 Å². The number of rotatable bonds is 12. The number of alkyl carbamates (subject to hydrolysis) is 1. The van der Waals surface area contributed by atoms with E-state index in [1.54, 1.807) is 32.9 Å². The standard InChI is InChI=1S/C31H37N3O6/c1-31(2,3)40-29(36)26(32)19-33-28(35)27(34-30(37)39-21-24-12-8-5-9-13-24)18-22-14-16-25(17-15-22)38-20-23-10-6-4-7-11-23/h4-17,26-27H,18-21,32H2,1-3H3,(H,33,35)(H,34,37)/t26?,27-/m0/s1. The Labute approximate surface area is 235 Å². The van der Waals surface area contributed by atoms with Crippen molar-refractivity contribution in [3.8, 4) is 5.75 Å². The number of hydrogen-bond donors (Lipinski definition) is 3. The van der Waals surface area contributed by atoms with Crippen LogP contribution in [0.2, 0.25) is 0 Å². The Hall–Kier alpha value is -4.37. The van der Waals surface area contributed by atoms with E-state index in [0.717, 1.165) is 16.7 Å². The lowest BCUT2D eigenvalue weighted by molar-refractivity contribution is -0.156. The number of ether oxygens (including phenoxy) is 3. The molecule has 3 rings (SSSR count). The smallest absolute Gasteiger partial charge is 0.408 e. The Bertz CT molecular complexity index is 1230. The Morgan fingerprint density at radius 3 is 1.95 bits per heavy atom. The second-order valence-electron chi connectivity index (χ2n) is 10.3. The second-order valence-corrected chi connectivity index (χ2v) is 10.3. The van der Waals surface area contributed by atoms with Crippen molar-refractivity contribution in [2.45, 2.75) is 58.1 Å². The molecule has 4 N–H and O–H groups in total. The molecule has 3 aromatic rings. The maximum absolute atomic E-state index is 13.1. The van der Waals surface area contributed by atoms with Crippen molar-refractivity contribution in [1.82, 2.24) is 10.6 Å². The molecule has 212 valence electrons. The van der Waals surface area contributed by atoms with Crippen LogP contribution in [0.5, 0.6) is 5.75 Å². The number of benzene rings is 3. The summed E-state index contributed by atoms with van der Waals surface area (Å²) in [5.74, 6) is -0.474. The summed E-state index contributed by atoms with van der Waals surface area (Å²) < 4.78 is 16.4. The van der Waals surface area contributed by atoms with Gasteiger partial charge in [-0.05, 0) is 49.6 Å². The highest BCUT2D eigenvalue weighted by Crippen LogP contribution is 2.16. The summed E-state index contributed by atoms with van der Waals surface area (Å²) in [6.07, 6.45) is -0.573. The Kier molecular flexibility index (Phi) is 11.1. The molecule has 0 aliphatic heterocycles. The molecule has 0 aliphatic rings. The van der Waals surface area contributed by atoms with Crippen molar-refractivity contribution in [2.75, 3.05) is 6.54 Å². The van der Waals surface area contributed by atoms with Gasteiger partial charge in [-0.3, -0.25) is 9.59 Å². The summed E-state index contributed by atoms with van der Waals surface area (Å²) >= 11 is 0. The average molecular weight is 548 g/mol. The van der Waals surface area contributed by atoms with E-state index in [-0.39, 0.29) is 19.6 Å². The van der Waals surface area contributed by atoms with E-state index in [1.165, 1.54) is 0 Å². The average Bonchev–Trinajstić information content (AvgIpc) is 2.94. The Balaban J connectivity index is 1.61. The summed E-state index contributed by atoms with van der Waals surface area (Å²) in [5.41, 5.74) is 7.85. The maximum Gasteiger partial charge on any atom is 0.408 e. The van der Waals surface area contributed by atoms with E-state index >= 15 is 0 Å². The minimum atomic E-state index is -1.06. The maximum atomic E-state index is 13.1. The molecule has 2 amide bonds. The van der Waals surface area contributed by atoms with Gasteiger partial charge in [-0.25, -0.2) is 4.79 Å². The zero-order valence-corrected chi connectivity index (χ0v) is 23.1. The molecule has 0 spiro atoms. The summed E-state index contributed by atoms with van der Waals surface area (Å²) in [6.45, 7) is 5.52. The van der Waals surface area contributed by atoms with Crippen molar-refractivity contribution < 1.29 is 28.6 Å². The van der Waals surface area contributed by atoms with Crippen LogP contribution < -0.4 is 21.1 Å². The lowest BCUT2D eigenvalue weighted by Crippen LogP contribution is -2.52. The van der Waals surface area contributed by atoms with Gasteiger partial charge in [-0.1, -0.05) is 72.8 Å². The quantitative estimate of drug-likeness (QED) is 0.294. The van der Waals surface area contributed by atoms with Gasteiger partial charge in [0.1, 0.15) is 36.6 Å². The fourth-order valence-electron chi connectivity index (χ4n) is 3.61. The summed E-state index contributed by atoms with van der Waals surface area (Å²) in [5, 5.41) is 5.27. The van der Waals surface area contributed by atoms with Crippen LogP contribution in [0.15, 0.2) is 84.9 Å². The predicted molar refractivity (Wildman–Crippen MR) is 151 cm³/mol. The number of esters is 1. The van der Waals surface area contributed by atoms with Crippen LogP contribution in [0.3, 0.4) is 0 Å². The minimum absolute atomic E-state index is 0.0536. The van der Waals surface area contributed by atoms with Gasteiger partial charge < -0.3 is 30.6 Å². The molecule has 0 fully saturated rings. The highest BCUT2D eigenvalue weighted by atomic mass is 16.6. The third-order valence-electron chi connectivity index (χ3n) is 5.64. The molecule has 3 aromatic carbocycles. The zero-order chi connectivity index (χ0) is 29.0. The van der Waals surface area contributed by atoms with Crippen LogP contribution in [0.4, 0.5) is 4.79 Å². The summed E-state index contributed by atoms with van der Waals surface area (Å²) in [4.78, 5) is 37.9. The molecule has 40 heavy (non-hydrogen) atoms. The molecule has 9 heteroatoms. The minimum Gasteiger partial charge on any atom is -0.489 e. The first-order valence-corrected chi connectivity index (χ1v) is 13.1. The number of nitrogens with one attached hydrogen (secondary N) is 2. The van der Waals surface area contributed by atoms with Gasteiger partial charge in [0.2, 0.25) is 5.91 Å². The molecule has 2 atom stereocenters. The highest BCUT2D eigenvalue weighted by Gasteiger charge is 2.26. The molecular weight excluding hydrogens is 510 g/mol. The molecule has 0 saturated heterocycles. The normalized spacial score (nSPS) is 12.5. The van der Waals surface area contributed by atoms with Gasteiger partial charge in [-0.2, -0.15) is 0 Å². The molecular formula is C31H37N3O6. The first-order valence-electron chi connectivity index (χ1n) is 13.1. The lowest BCUT2D eigenvalue weighted by Gasteiger charge is -2.23. The first-order chi connectivity index (χ1) is 19.1. The van der Waals surface area contributed by atoms with Crippen molar-refractivity contribution in [1.29, 1.82) is 0 Å². The SMILES string of the molecule is CC(C)(C)OC(=O)C(N)CNC(=O)[C@H](Cc1ccc(OCc2ccccc2)cc1)NC(=O)OCc1ccccc1. The van der Waals surface area contributed by atoms with E-state index in [4.69, 9.17) is 19.9 Å². The van der Waals surface area contributed by atoms with Crippen LogP contribution in [-0.4, -0.2) is 42.2 Å². The topological polar surface area (TPSA) is 129 Å². The number of carbonyl (C=O) groups excluding carboxylic acids is 3. The van der Waals surface area contributed by atoms with E-state index in [9.17, 15) is 14.4 Å². The number of hydrogen-bond acceptors (Lipinski definition) is 7. The first kappa shape index (κ1) is 30.2. The van der Waals surface area contributed by atoms with Crippen molar-refractivity contribution in [3.63, 3.8) is 0 Å². The van der Waals surface area contributed by atoms with Crippen LogP contribution in [-0.2, 0) is 38.7 Å². The van der Waals surface area contributed by atoms with Crippen molar-refractivity contribution >= 4 is 18.0 Å². The number of nitrogens with two attached hydrogens (primary N) is 1. The molecule has 0 bridgehead atoms. The van der Waals surface area contributed by atoms with E-state index in [0.29, 0.717) is 12.4 Å².